The SMILES string of the molecule is CCCc1cc2nc(=O)[nH]n2c(C)n1. The number of nitrogens with one attached hydrogen (secondary N) is 1. The van der Waals surface area contributed by atoms with Gasteiger partial charge in [-0.25, -0.2) is 19.4 Å². The van der Waals surface area contributed by atoms with E-state index >= 15 is 0 Å². The summed E-state index contributed by atoms with van der Waals surface area (Å²) in [5.41, 5.74) is 1.30. The summed E-state index contributed by atoms with van der Waals surface area (Å²) in [5.74, 6) is 0.764. The molecule has 14 heavy (non-hydrogen) atoms. The second-order valence-electron chi connectivity index (χ2n) is 3.27. The van der Waals surface area contributed by atoms with E-state index in [4.69, 9.17) is 0 Å². The minimum absolute atomic E-state index is 0.330. The zero-order valence-electron chi connectivity index (χ0n) is 8.24. The van der Waals surface area contributed by atoms with Crippen LogP contribution in [-0.4, -0.2) is 19.6 Å². The molecule has 5 heteroatoms. The Labute approximate surface area is 80.8 Å². The van der Waals surface area contributed by atoms with Crippen LogP contribution in [0.1, 0.15) is 24.9 Å². The van der Waals surface area contributed by atoms with Crippen LogP contribution < -0.4 is 5.69 Å². The molecule has 0 aliphatic carbocycles. The molecule has 0 saturated carbocycles. The Morgan fingerprint density at radius 1 is 1.50 bits per heavy atom. The number of rotatable bonds is 2. The van der Waals surface area contributed by atoms with Gasteiger partial charge in [0.1, 0.15) is 5.82 Å². The van der Waals surface area contributed by atoms with E-state index < -0.39 is 0 Å². The van der Waals surface area contributed by atoms with Gasteiger partial charge in [0.25, 0.3) is 0 Å². The maximum Gasteiger partial charge on any atom is 0.362 e. The molecule has 0 spiro atoms. The Balaban J connectivity index is 2.65. The fourth-order valence-corrected chi connectivity index (χ4v) is 1.50. The summed E-state index contributed by atoms with van der Waals surface area (Å²) in [6.07, 6.45) is 1.95. The molecule has 2 aromatic heterocycles. The van der Waals surface area contributed by atoms with Crippen molar-refractivity contribution in [2.45, 2.75) is 26.7 Å². The predicted molar refractivity (Wildman–Crippen MR) is 52.3 cm³/mol. The first-order valence-electron chi connectivity index (χ1n) is 4.66. The Bertz CT molecular complexity index is 511. The third kappa shape index (κ3) is 1.41. The number of aryl methyl sites for hydroxylation is 2. The normalized spacial score (nSPS) is 11.0. The Kier molecular flexibility index (Phi) is 2.07. The van der Waals surface area contributed by atoms with Crippen LogP contribution in [-0.2, 0) is 6.42 Å². The molecule has 0 aliphatic rings. The van der Waals surface area contributed by atoms with E-state index in [2.05, 4.69) is 22.0 Å². The molecule has 2 aromatic rings. The first-order chi connectivity index (χ1) is 6.70. The zero-order valence-corrected chi connectivity index (χ0v) is 8.24. The number of nitrogens with zero attached hydrogens (tertiary/aromatic N) is 3. The predicted octanol–water partition coefficient (Wildman–Crippen LogP) is 0.679. The van der Waals surface area contributed by atoms with Crippen LogP contribution in [0.4, 0.5) is 0 Å². The second kappa shape index (κ2) is 3.25. The van der Waals surface area contributed by atoms with Crippen molar-refractivity contribution in [2.75, 3.05) is 0 Å². The monoisotopic (exact) mass is 192 g/mol. The van der Waals surface area contributed by atoms with Gasteiger partial charge in [0.05, 0.1) is 0 Å². The highest BCUT2D eigenvalue weighted by molar-refractivity contribution is 5.37. The van der Waals surface area contributed by atoms with E-state index in [1.54, 1.807) is 4.52 Å². The topological polar surface area (TPSA) is 63.0 Å². The van der Waals surface area contributed by atoms with Gasteiger partial charge < -0.3 is 0 Å². The molecule has 0 radical (unpaired) electrons. The highest BCUT2D eigenvalue weighted by Gasteiger charge is 2.04. The lowest BCUT2D eigenvalue weighted by atomic mass is 10.2. The summed E-state index contributed by atoms with van der Waals surface area (Å²) in [4.78, 5) is 19.2. The first-order valence-corrected chi connectivity index (χ1v) is 4.66. The molecule has 2 heterocycles. The Morgan fingerprint density at radius 2 is 2.29 bits per heavy atom. The molecule has 0 bridgehead atoms. The molecule has 2 rings (SSSR count). The Hall–Kier alpha value is -1.65. The van der Waals surface area contributed by atoms with E-state index in [9.17, 15) is 4.79 Å². The van der Waals surface area contributed by atoms with Gasteiger partial charge >= 0.3 is 5.69 Å². The number of fused-ring (bicyclic) bond motifs is 1. The molecule has 0 amide bonds. The average Bonchev–Trinajstić information content (AvgIpc) is 2.47. The van der Waals surface area contributed by atoms with Crippen LogP contribution in [0.5, 0.6) is 0 Å². The molecule has 0 saturated heterocycles. The van der Waals surface area contributed by atoms with E-state index in [-0.39, 0.29) is 5.69 Å². The fraction of sp³-hybridized carbons (Fsp3) is 0.444. The van der Waals surface area contributed by atoms with Gasteiger partial charge in [-0.1, -0.05) is 13.3 Å². The lowest BCUT2D eigenvalue weighted by molar-refractivity contribution is 0.804. The number of hydrogen-bond acceptors (Lipinski definition) is 3. The number of H-pyrrole nitrogens is 1. The van der Waals surface area contributed by atoms with Crippen LogP contribution in [0.15, 0.2) is 10.9 Å². The Morgan fingerprint density at radius 3 is 3.00 bits per heavy atom. The molecule has 0 fully saturated rings. The van der Waals surface area contributed by atoms with E-state index in [0.29, 0.717) is 5.65 Å². The van der Waals surface area contributed by atoms with Gasteiger partial charge in [0.2, 0.25) is 0 Å². The van der Waals surface area contributed by atoms with Crippen molar-refractivity contribution in [3.63, 3.8) is 0 Å². The molecular weight excluding hydrogens is 180 g/mol. The summed E-state index contributed by atoms with van der Waals surface area (Å²) in [5, 5.41) is 2.58. The third-order valence-electron chi connectivity index (χ3n) is 2.08. The van der Waals surface area contributed by atoms with Crippen molar-refractivity contribution < 1.29 is 0 Å². The van der Waals surface area contributed by atoms with Crippen molar-refractivity contribution in [1.29, 1.82) is 0 Å². The molecule has 0 aliphatic heterocycles. The van der Waals surface area contributed by atoms with Gasteiger partial charge in [-0.2, -0.15) is 4.98 Å². The molecule has 74 valence electrons. The van der Waals surface area contributed by atoms with Gasteiger partial charge in [0, 0.05) is 11.8 Å². The molecule has 0 unspecified atom stereocenters. The van der Waals surface area contributed by atoms with Gasteiger partial charge in [-0.05, 0) is 13.3 Å². The number of aromatic amines is 1. The van der Waals surface area contributed by atoms with E-state index in [1.165, 1.54) is 0 Å². The molecule has 1 N–H and O–H groups in total. The minimum atomic E-state index is -0.330. The van der Waals surface area contributed by atoms with Crippen LogP contribution in [0.25, 0.3) is 5.65 Å². The second-order valence-corrected chi connectivity index (χ2v) is 3.27. The molecule has 5 nitrogen and oxygen atoms in total. The van der Waals surface area contributed by atoms with Gasteiger partial charge in [0.15, 0.2) is 5.65 Å². The van der Waals surface area contributed by atoms with E-state index in [0.717, 1.165) is 24.4 Å². The van der Waals surface area contributed by atoms with Crippen LogP contribution in [0, 0.1) is 6.92 Å². The van der Waals surface area contributed by atoms with Crippen LogP contribution in [0.2, 0.25) is 0 Å². The van der Waals surface area contributed by atoms with E-state index in [1.807, 2.05) is 13.0 Å². The third-order valence-corrected chi connectivity index (χ3v) is 2.08. The summed E-state index contributed by atoms with van der Waals surface area (Å²) in [6, 6.07) is 1.84. The lowest BCUT2D eigenvalue weighted by Crippen LogP contribution is -2.04. The van der Waals surface area contributed by atoms with Gasteiger partial charge in [-0.15, -0.1) is 0 Å². The van der Waals surface area contributed by atoms with Crippen molar-refractivity contribution in [2.24, 2.45) is 0 Å². The maximum absolute atomic E-state index is 11.0. The first kappa shape index (κ1) is 8.93. The van der Waals surface area contributed by atoms with Crippen molar-refractivity contribution in [1.82, 2.24) is 19.6 Å². The molecule has 0 aromatic carbocycles. The summed E-state index contributed by atoms with van der Waals surface area (Å²) >= 11 is 0. The lowest BCUT2D eigenvalue weighted by Gasteiger charge is -2.01. The van der Waals surface area contributed by atoms with Crippen molar-refractivity contribution in [3.8, 4) is 0 Å². The standard InChI is InChI=1S/C9H12N4O/c1-3-4-7-5-8-11-9(14)12-13(8)6(2)10-7/h5H,3-4H2,1-2H3,(H,12,14). The quantitative estimate of drug-likeness (QED) is 0.761. The summed E-state index contributed by atoms with van der Waals surface area (Å²) in [7, 11) is 0. The number of aromatic nitrogens is 4. The number of hydrogen-bond donors (Lipinski definition) is 1. The molecule has 0 atom stereocenters. The summed E-state index contributed by atoms with van der Waals surface area (Å²) in [6.45, 7) is 3.95. The minimum Gasteiger partial charge on any atom is -0.244 e. The largest absolute Gasteiger partial charge is 0.362 e. The van der Waals surface area contributed by atoms with Crippen molar-refractivity contribution in [3.05, 3.63) is 28.1 Å². The van der Waals surface area contributed by atoms with Crippen LogP contribution in [0.3, 0.4) is 0 Å². The van der Waals surface area contributed by atoms with Crippen molar-refractivity contribution >= 4 is 5.65 Å². The zero-order chi connectivity index (χ0) is 10.1. The smallest absolute Gasteiger partial charge is 0.244 e. The van der Waals surface area contributed by atoms with Crippen LogP contribution >= 0.6 is 0 Å². The van der Waals surface area contributed by atoms with Gasteiger partial charge in [-0.3, -0.25) is 0 Å². The average molecular weight is 192 g/mol. The molecular formula is C9H12N4O. The summed E-state index contributed by atoms with van der Waals surface area (Å²) < 4.78 is 1.60. The highest BCUT2D eigenvalue weighted by atomic mass is 16.1. The fourth-order valence-electron chi connectivity index (χ4n) is 1.50. The maximum atomic E-state index is 11.0. The highest BCUT2D eigenvalue weighted by Crippen LogP contribution is 2.04.